The molecule has 3 rings (SSSR count). The minimum atomic E-state index is -0.791. The molecule has 2 unspecified atom stereocenters. The second kappa shape index (κ2) is 15.9. The van der Waals surface area contributed by atoms with Gasteiger partial charge in [-0.25, -0.2) is 0 Å². The van der Waals surface area contributed by atoms with Crippen LogP contribution in [0.2, 0.25) is 0 Å². The predicted octanol–water partition coefficient (Wildman–Crippen LogP) is 7.88. The number of nitrogens with two attached hydrogens (primary N) is 1. The van der Waals surface area contributed by atoms with Crippen LogP contribution in [0.25, 0.3) is 0 Å². The molecule has 0 aromatic rings. The molecule has 3 fully saturated rings. The van der Waals surface area contributed by atoms with Crippen molar-refractivity contribution in [3.8, 4) is 0 Å². The summed E-state index contributed by atoms with van der Waals surface area (Å²) < 4.78 is 0. The second-order valence-corrected chi connectivity index (χ2v) is 12.3. The molecule has 37 heavy (non-hydrogen) atoms. The molecule has 1 saturated heterocycles. The minimum Gasteiger partial charge on any atom is -0.369 e. The Morgan fingerprint density at radius 1 is 0.838 bits per heavy atom. The number of rotatable bonds is 17. The van der Waals surface area contributed by atoms with Crippen molar-refractivity contribution in [2.75, 3.05) is 0 Å². The molecule has 2 amide bonds. The number of hydrogen-bond donors (Lipinski definition) is 2. The summed E-state index contributed by atoms with van der Waals surface area (Å²) >= 11 is 0. The fourth-order valence-corrected chi connectivity index (χ4v) is 7.25. The van der Waals surface area contributed by atoms with Crippen molar-refractivity contribution in [1.29, 1.82) is 0 Å². The van der Waals surface area contributed by atoms with Crippen LogP contribution in [0.4, 0.5) is 0 Å². The Hall–Kier alpha value is -1.36. The molecular weight excluding hydrogens is 458 g/mol. The van der Waals surface area contributed by atoms with Gasteiger partial charge in [0.25, 0.3) is 0 Å². The molecule has 5 nitrogen and oxygen atoms in total. The molecule has 0 aromatic carbocycles. The van der Waals surface area contributed by atoms with E-state index in [0.29, 0.717) is 0 Å². The van der Waals surface area contributed by atoms with E-state index < -0.39 is 11.5 Å². The van der Waals surface area contributed by atoms with Gasteiger partial charge in [0.1, 0.15) is 5.54 Å². The van der Waals surface area contributed by atoms with Crippen LogP contribution in [0.3, 0.4) is 0 Å². The fourth-order valence-electron chi connectivity index (χ4n) is 7.25. The van der Waals surface area contributed by atoms with E-state index in [0.717, 1.165) is 57.8 Å². The number of carbonyl (C=O) groups is 2. The lowest BCUT2D eigenvalue weighted by molar-refractivity contribution is -0.139. The van der Waals surface area contributed by atoms with Gasteiger partial charge in [-0.2, -0.15) is 0 Å². The highest BCUT2D eigenvalue weighted by molar-refractivity contribution is 5.96. The summed E-state index contributed by atoms with van der Waals surface area (Å²) in [5.74, 6) is -0.619. The molecule has 1 aliphatic heterocycles. The number of nitrogens with one attached hydrogen (secondary N) is 1. The number of allylic oxidation sites excluding steroid dienone is 1. The Morgan fingerprint density at radius 2 is 1.38 bits per heavy atom. The predicted molar refractivity (Wildman–Crippen MR) is 154 cm³/mol. The molecule has 0 aromatic heterocycles. The zero-order chi connectivity index (χ0) is 26.4. The number of hydrogen-bond acceptors (Lipinski definition) is 3. The monoisotopic (exact) mass is 515 g/mol. The molecule has 2 aliphatic carbocycles. The van der Waals surface area contributed by atoms with Crippen molar-refractivity contribution >= 4 is 11.8 Å². The number of amides is 2. The van der Waals surface area contributed by atoms with Crippen LogP contribution in [0.1, 0.15) is 161 Å². The third-order valence-electron chi connectivity index (χ3n) is 9.43. The highest BCUT2D eigenvalue weighted by atomic mass is 16.2. The largest absolute Gasteiger partial charge is 0.369 e. The third kappa shape index (κ3) is 8.31. The van der Waals surface area contributed by atoms with Gasteiger partial charge < -0.3 is 5.73 Å². The van der Waals surface area contributed by atoms with Gasteiger partial charge in [0.15, 0.2) is 0 Å². The Labute approximate surface area is 227 Å². The molecule has 2 atom stereocenters. The normalized spacial score (nSPS) is 25.6. The fraction of sp³-hybridized carbons (Fsp3) is 0.875. The molecular formula is C32H57N3O2. The standard InChI is InChI=1S/C32H57N3O2/c1-2-3-4-5-6-7-8-9-10-11-12-13-14-15-16-22-27-35-30(37)32(26-21-18-23-28(32)29(33)36)34-31(35)24-19-17-20-25-31/h22,27-28,34H,2-21,23-26H2,1H3,(H2,33,36). The van der Waals surface area contributed by atoms with Gasteiger partial charge in [-0.3, -0.25) is 19.8 Å². The van der Waals surface area contributed by atoms with Crippen LogP contribution < -0.4 is 11.1 Å². The van der Waals surface area contributed by atoms with E-state index >= 15 is 0 Å². The topological polar surface area (TPSA) is 75.4 Å². The van der Waals surface area contributed by atoms with Crippen molar-refractivity contribution in [3.63, 3.8) is 0 Å². The van der Waals surface area contributed by atoms with E-state index in [1.165, 1.54) is 96.3 Å². The lowest BCUT2D eigenvalue weighted by Crippen LogP contribution is -2.61. The van der Waals surface area contributed by atoms with Crippen molar-refractivity contribution < 1.29 is 9.59 Å². The quantitative estimate of drug-likeness (QED) is 0.193. The summed E-state index contributed by atoms with van der Waals surface area (Å²) in [7, 11) is 0. The molecule has 2 saturated carbocycles. The molecule has 3 aliphatic rings. The van der Waals surface area contributed by atoms with E-state index in [1.54, 1.807) is 0 Å². The molecule has 212 valence electrons. The van der Waals surface area contributed by atoms with Crippen LogP contribution in [-0.4, -0.2) is 27.9 Å². The lowest BCUT2D eigenvalue weighted by atomic mass is 9.72. The average molecular weight is 516 g/mol. The summed E-state index contributed by atoms with van der Waals surface area (Å²) in [6.45, 7) is 2.28. The van der Waals surface area contributed by atoms with Crippen LogP contribution in [-0.2, 0) is 9.59 Å². The number of nitrogens with zero attached hydrogens (tertiary/aromatic N) is 1. The van der Waals surface area contributed by atoms with Gasteiger partial charge in [-0.15, -0.1) is 0 Å². The van der Waals surface area contributed by atoms with Crippen molar-refractivity contribution in [2.45, 2.75) is 172 Å². The summed E-state index contributed by atoms with van der Waals surface area (Å²) in [6.07, 6.45) is 33.3. The summed E-state index contributed by atoms with van der Waals surface area (Å²) in [5.41, 5.74) is 4.70. The first-order chi connectivity index (χ1) is 18.1. The second-order valence-electron chi connectivity index (χ2n) is 12.3. The van der Waals surface area contributed by atoms with Gasteiger partial charge in [-0.05, 0) is 51.4 Å². The summed E-state index contributed by atoms with van der Waals surface area (Å²) in [6, 6.07) is 0. The molecule has 5 heteroatoms. The zero-order valence-corrected chi connectivity index (χ0v) is 24.0. The molecule has 2 spiro atoms. The average Bonchev–Trinajstić information content (AvgIpc) is 3.10. The smallest absolute Gasteiger partial charge is 0.249 e. The maximum atomic E-state index is 13.9. The zero-order valence-electron chi connectivity index (χ0n) is 24.0. The van der Waals surface area contributed by atoms with Crippen molar-refractivity contribution in [1.82, 2.24) is 10.2 Å². The van der Waals surface area contributed by atoms with Crippen LogP contribution in [0.15, 0.2) is 12.3 Å². The van der Waals surface area contributed by atoms with Gasteiger partial charge >= 0.3 is 0 Å². The maximum absolute atomic E-state index is 13.9. The Balaban J connectivity index is 1.36. The van der Waals surface area contributed by atoms with E-state index in [4.69, 9.17) is 5.73 Å². The molecule has 0 radical (unpaired) electrons. The van der Waals surface area contributed by atoms with Crippen molar-refractivity contribution in [2.24, 2.45) is 11.7 Å². The first-order valence-electron chi connectivity index (χ1n) is 16.1. The van der Waals surface area contributed by atoms with Gasteiger partial charge in [-0.1, -0.05) is 116 Å². The van der Waals surface area contributed by atoms with Crippen LogP contribution in [0.5, 0.6) is 0 Å². The Morgan fingerprint density at radius 3 is 1.95 bits per heavy atom. The summed E-state index contributed by atoms with van der Waals surface area (Å²) in [4.78, 5) is 28.2. The van der Waals surface area contributed by atoms with E-state index in [1.807, 2.05) is 4.90 Å². The highest BCUT2D eigenvalue weighted by Crippen LogP contribution is 2.47. The first kappa shape index (κ1) is 30.2. The first-order valence-corrected chi connectivity index (χ1v) is 16.1. The van der Waals surface area contributed by atoms with E-state index in [9.17, 15) is 9.59 Å². The SMILES string of the molecule is CCCCCCCCCCCCCCCCC=CN1C(=O)C2(CCCCC2C(N)=O)NC12CCCCC2. The van der Waals surface area contributed by atoms with Crippen molar-refractivity contribution in [3.05, 3.63) is 12.3 Å². The number of carbonyl (C=O) groups excluding carboxylic acids is 2. The van der Waals surface area contributed by atoms with Gasteiger partial charge in [0, 0.05) is 6.20 Å². The van der Waals surface area contributed by atoms with Gasteiger partial charge in [0.2, 0.25) is 11.8 Å². The Bertz CT molecular complexity index is 715. The molecule has 0 bridgehead atoms. The highest BCUT2D eigenvalue weighted by Gasteiger charge is 2.62. The summed E-state index contributed by atoms with van der Waals surface area (Å²) in [5, 5.41) is 3.78. The maximum Gasteiger partial charge on any atom is 0.249 e. The van der Waals surface area contributed by atoms with Gasteiger partial charge in [0.05, 0.1) is 11.6 Å². The van der Waals surface area contributed by atoms with Crippen LogP contribution in [0, 0.1) is 5.92 Å². The molecule has 3 N–H and O–H groups in total. The lowest BCUT2D eigenvalue weighted by Gasteiger charge is -2.42. The van der Waals surface area contributed by atoms with Crippen LogP contribution >= 0.6 is 0 Å². The Kier molecular flexibility index (Phi) is 13.0. The van der Waals surface area contributed by atoms with E-state index in [2.05, 4.69) is 24.5 Å². The van der Waals surface area contributed by atoms with E-state index in [-0.39, 0.29) is 17.5 Å². The molecule has 1 heterocycles. The third-order valence-corrected chi connectivity index (χ3v) is 9.43. The minimum absolute atomic E-state index is 0.0927. The number of unbranched alkanes of at least 4 members (excludes halogenated alkanes) is 14. The number of primary amides is 1.